The molecule has 166 valence electrons. The fourth-order valence-electron chi connectivity index (χ4n) is 4.37. The Labute approximate surface area is 193 Å². The monoisotopic (exact) mass is 448 g/mol. The van der Waals surface area contributed by atoms with Crippen molar-refractivity contribution in [2.45, 2.75) is 36.7 Å². The van der Waals surface area contributed by atoms with Crippen LogP contribution >= 0.6 is 11.8 Å². The molecule has 3 aromatic rings. The summed E-state index contributed by atoms with van der Waals surface area (Å²) in [5, 5.41) is 1.68. The van der Waals surface area contributed by atoms with Gasteiger partial charge in [0.2, 0.25) is 5.91 Å². The van der Waals surface area contributed by atoms with Crippen LogP contribution in [0.1, 0.15) is 23.9 Å². The van der Waals surface area contributed by atoms with Gasteiger partial charge in [-0.25, -0.2) is 9.97 Å². The summed E-state index contributed by atoms with van der Waals surface area (Å²) in [4.78, 5) is 27.3. The van der Waals surface area contributed by atoms with Crippen molar-refractivity contribution < 1.29 is 9.53 Å². The first-order valence-corrected chi connectivity index (χ1v) is 12.1. The predicted molar refractivity (Wildman–Crippen MR) is 127 cm³/mol. The topological polar surface area (TPSA) is 58.6 Å². The zero-order valence-corrected chi connectivity index (χ0v) is 19.2. The molecule has 0 bridgehead atoms. The minimum Gasteiger partial charge on any atom is -0.379 e. The molecule has 3 heterocycles. The Balaban J connectivity index is 1.35. The quantitative estimate of drug-likeness (QED) is 0.440. The van der Waals surface area contributed by atoms with Gasteiger partial charge in [-0.3, -0.25) is 9.69 Å². The maximum absolute atomic E-state index is 13.3. The summed E-state index contributed by atoms with van der Waals surface area (Å²) >= 11 is 1.55. The van der Waals surface area contributed by atoms with Gasteiger partial charge in [-0.2, -0.15) is 0 Å². The molecule has 6 nitrogen and oxygen atoms in total. The summed E-state index contributed by atoms with van der Waals surface area (Å²) in [6, 6.07) is 16.5. The molecule has 0 saturated carbocycles. The Morgan fingerprint density at radius 1 is 1.03 bits per heavy atom. The maximum Gasteiger partial charge on any atom is 0.236 e. The van der Waals surface area contributed by atoms with E-state index < -0.39 is 0 Å². The van der Waals surface area contributed by atoms with Gasteiger partial charge in [-0.1, -0.05) is 54.2 Å². The van der Waals surface area contributed by atoms with Gasteiger partial charge in [-0.05, 0) is 30.5 Å². The Morgan fingerprint density at radius 3 is 2.62 bits per heavy atom. The molecule has 0 aliphatic carbocycles. The SMILES string of the molecule is C[C@H](Sc1nc(CN2CCOCC2)nc2ccccc12)C(=O)N1CCc2ccccc2C1. The van der Waals surface area contributed by atoms with Crippen LogP contribution in [0.4, 0.5) is 0 Å². The third kappa shape index (κ3) is 4.65. The summed E-state index contributed by atoms with van der Waals surface area (Å²) in [6.45, 7) is 7.44. The molecule has 2 aliphatic rings. The molecule has 32 heavy (non-hydrogen) atoms. The number of carbonyl (C=O) groups excluding carboxylic acids is 1. The lowest BCUT2D eigenvalue weighted by Gasteiger charge is -2.30. The fourth-order valence-corrected chi connectivity index (χ4v) is 5.41. The molecule has 0 unspecified atom stereocenters. The molecule has 0 N–H and O–H groups in total. The largest absolute Gasteiger partial charge is 0.379 e. The second-order valence-electron chi connectivity index (χ2n) is 8.39. The average Bonchev–Trinajstić information content (AvgIpc) is 2.84. The molecule has 1 aromatic heterocycles. The van der Waals surface area contributed by atoms with Gasteiger partial charge in [0.25, 0.3) is 0 Å². The van der Waals surface area contributed by atoms with E-state index in [4.69, 9.17) is 14.7 Å². The van der Waals surface area contributed by atoms with Crippen molar-refractivity contribution in [3.63, 3.8) is 0 Å². The summed E-state index contributed by atoms with van der Waals surface area (Å²) < 4.78 is 5.46. The molecule has 5 rings (SSSR count). The van der Waals surface area contributed by atoms with Gasteiger partial charge in [0.1, 0.15) is 10.9 Å². The number of carbonyl (C=O) groups is 1. The van der Waals surface area contributed by atoms with Crippen molar-refractivity contribution >= 4 is 28.6 Å². The molecule has 2 aliphatic heterocycles. The molecule has 0 radical (unpaired) electrons. The number of amides is 1. The lowest BCUT2D eigenvalue weighted by molar-refractivity contribution is -0.131. The molecule has 1 fully saturated rings. The Kier molecular flexibility index (Phi) is 6.39. The van der Waals surface area contributed by atoms with Crippen LogP contribution in [0, 0.1) is 0 Å². The van der Waals surface area contributed by atoms with Gasteiger partial charge >= 0.3 is 0 Å². The number of rotatable bonds is 5. The minimum absolute atomic E-state index is 0.168. The van der Waals surface area contributed by atoms with Gasteiger partial charge in [-0.15, -0.1) is 0 Å². The molecular formula is C25H28N4O2S. The molecule has 2 aromatic carbocycles. The van der Waals surface area contributed by atoms with E-state index in [1.807, 2.05) is 42.2 Å². The highest BCUT2D eigenvalue weighted by atomic mass is 32.2. The van der Waals surface area contributed by atoms with Crippen molar-refractivity contribution in [2.75, 3.05) is 32.8 Å². The van der Waals surface area contributed by atoms with Crippen molar-refractivity contribution in [3.8, 4) is 0 Å². The first-order chi connectivity index (χ1) is 15.7. The van der Waals surface area contributed by atoms with Crippen LogP contribution in [0.3, 0.4) is 0 Å². The Morgan fingerprint density at radius 2 is 1.78 bits per heavy atom. The summed E-state index contributed by atoms with van der Waals surface area (Å²) in [5.41, 5.74) is 3.54. The zero-order chi connectivity index (χ0) is 21.9. The Bertz CT molecular complexity index is 1120. The van der Waals surface area contributed by atoms with Crippen LogP contribution in [0.5, 0.6) is 0 Å². The number of thioether (sulfide) groups is 1. The summed E-state index contributed by atoms with van der Waals surface area (Å²) in [5.74, 6) is 0.974. The minimum atomic E-state index is -0.213. The van der Waals surface area contributed by atoms with E-state index in [0.717, 1.165) is 61.0 Å². The second-order valence-corrected chi connectivity index (χ2v) is 9.72. The molecule has 7 heteroatoms. The smallest absolute Gasteiger partial charge is 0.236 e. The van der Waals surface area contributed by atoms with Crippen LogP contribution in [0.25, 0.3) is 10.9 Å². The number of aromatic nitrogens is 2. The van der Waals surface area contributed by atoms with Crippen LogP contribution in [-0.4, -0.2) is 63.8 Å². The number of ether oxygens (including phenoxy) is 1. The highest BCUT2D eigenvalue weighted by Crippen LogP contribution is 2.31. The van der Waals surface area contributed by atoms with Gasteiger partial charge in [0.05, 0.1) is 30.5 Å². The van der Waals surface area contributed by atoms with E-state index in [9.17, 15) is 4.79 Å². The number of benzene rings is 2. The zero-order valence-electron chi connectivity index (χ0n) is 18.4. The van der Waals surface area contributed by atoms with Crippen molar-refractivity contribution in [1.29, 1.82) is 0 Å². The standard InChI is InChI=1S/C25H28N4O2S/c1-18(25(30)29-11-10-19-6-2-3-7-20(19)16-29)32-24-21-8-4-5-9-22(21)26-23(27-24)17-28-12-14-31-15-13-28/h2-9,18H,10-17H2,1H3/t18-/m0/s1. The van der Waals surface area contributed by atoms with Crippen molar-refractivity contribution in [2.24, 2.45) is 0 Å². The van der Waals surface area contributed by atoms with E-state index in [1.54, 1.807) is 11.8 Å². The fraction of sp³-hybridized carbons (Fsp3) is 0.400. The van der Waals surface area contributed by atoms with Crippen LogP contribution in [0.15, 0.2) is 53.6 Å². The average molecular weight is 449 g/mol. The molecule has 1 saturated heterocycles. The lowest BCUT2D eigenvalue weighted by Crippen LogP contribution is -2.40. The van der Waals surface area contributed by atoms with Gasteiger partial charge < -0.3 is 9.64 Å². The van der Waals surface area contributed by atoms with E-state index in [1.165, 1.54) is 11.1 Å². The van der Waals surface area contributed by atoms with Crippen LogP contribution < -0.4 is 0 Å². The molecule has 0 spiro atoms. The first-order valence-electron chi connectivity index (χ1n) is 11.3. The van der Waals surface area contributed by atoms with E-state index in [2.05, 4.69) is 23.1 Å². The number of para-hydroxylation sites is 1. The number of morpholine rings is 1. The first kappa shape index (κ1) is 21.4. The van der Waals surface area contributed by atoms with Gasteiger partial charge in [0, 0.05) is 31.6 Å². The van der Waals surface area contributed by atoms with Gasteiger partial charge in [0.15, 0.2) is 0 Å². The predicted octanol–water partition coefficient (Wildman–Crippen LogP) is 3.53. The third-order valence-electron chi connectivity index (χ3n) is 6.16. The second kappa shape index (κ2) is 9.57. The highest BCUT2D eigenvalue weighted by Gasteiger charge is 2.26. The lowest BCUT2D eigenvalue weighted by atomic mass is 10.00. The molecular weight excluding hydrogens is 420 g/mol. The van der Waals surface area contributed by atoms with E-state index in [-0.39, 0.29) is 11.2 Å². The van der Waals surface area contributed by atoms with Crippen LogP contribution in [-0.2, 0) is 29.0 Å². The number of hydrogen-bond donors (Lipinski definition) is 0. The summed E-state index contributed by atoms with van der Waals surface area (Å²) in [6.07, 6.45) is 0.916. The van der Waals surface area contributed by atoms with E-state index >= 15 is 0 Å². The van der Waals surface area contributed by atoms with E-state index in [0.29, 0.717) is 13.1 Å². The Hall–Kier alpha value is -2.48. The van der Waals surface area contributed by atoms with Crippen molar-refractivity contribution in [1.82, 2.24) is 19.8 Å². The maximum atomic E-state index is 13.3. The number of nitrogens with zero attached hydrogens (tertiary/aromatic N) is 4. The molecule has 1 amide bonds. The molecule has 1 atom stereocenters. The summed E-state index contributed by atoms with van der Waals surface area (Å²) in [7, 11) is 0. The third-order valence-corrected chi connectivity index (χ3v) is 7.25. The normalized spacial score (nSPS) is 17.8. The number of fused-ring (bicyclic) bond motifs is 2. The number of hydrogen-bond acceptors (Lipinski definition) is 6. The van der Waals surface area contributed by atoms with Crippen molar-refractivity contribution in [3.05, 3.63) is 65.5 Å². The highest BCUT2D eigenvalue weighted by molar-refractivity contribution is 8.00. The van der Waals surface area contributed by atoms with Crippen LogP contribution in [0.2, 0.25) is 0 Å².